The second-order valence-corrected chi connectivity index (χ2v) is 26.2. The molecule has 23 heteroatoms. The van der Waals surface area contributed by atoms with Crippen molar-refractivity contribution in [3.8, 4) is 41.2 Å². The number of amides is 6. The lowest BCUT2D eigenvalue weighted by molar-refractivity contribution is -0.132. The van der Waals surface area contributed by atoms with E-state index < -0.39 is 82.8 Å². The van der Waals surface area contributed by atoms with Crippen LogP contribution in [0.5, 0.6) is 17.5 Å². The summed E-state index contributed by atoms with van der Waals surface area (Å²) in [6.45, 7) is 9.67. The van der Waals surface area contributed by atoms with Crippen LogP contribution in [-0.4, -0.2) is 119 Å². The molecule has 2 fully saturated rings. The Balaban J connectivity index is 0.750. The lowest BCUT2D eigenvalue weighted by Crippen LogP contribution is -2.54. The van der Waals surface area contributed by atoms with Crippen LogP contribution >= 0.6 is 11.8 Å². The number of unbranched alkanes of at least 4 members (excludes halogenated alkanes) is 2. The average molecular weight is 1280 g/mol. The Morgan fingerprint density at radius 1 is 0.826 bits per heavy atom. The number of phenolic OH excluding ortho intramolecular Hbond substituents is 1. The number of ketones is 2. The number of rotatable bonds is 26. The molecule has 3 heterocycles. The molecule has 0 radical (unpaired) electrons. The van der Waals surface area contributed by atoms with Crippen molar-refractivity contribution < 1.29 is 68.6 Å². The second-order valence-electron chi connectivity index (χ2n) is 24.8. The Bertz CT molecular complexity index is 3620. The maximum atomic E-state index is 14.4. The topological polar surface area (TPSA) is 346 Å². The number of thioether (sulfide) groups is 1. The van der Waals surface area contributed by atoms with E-state index in [9.17, 15) is 59.1 Å². The molecule has 9 rings (SSSR count). The molecule has 1 saturated heterocycles. The van der Waals surface area contributed by atoms with E-state index in [4.69, 9.17) is 15.2 Å². The number of aromatic hydroxyl groups is 3. The first kappa shape index (κ1) is 67.9. The Morgan fingerprint density at radius 2 is 1.51 bits per heavy atom. The van der Waals surface area contributed by atoms with Gasteiger partial charge in [0.25, 0.3) is 0 Å². The van der Waals surface area contributed by atoms with Gasteiger partial charge in [-0.1, -0.05) is 108 Å². The lowest BCUT2D eigenvalue weighted by atomic mass is 9.69. The third-order valence-corrected chi connectivity index (χ3v) is 20.4. The van der Waals surface area contributed by atoms with Gasteiger partial charge in [0.15, 0.2) is 34.8 Å². The number of aliphatic hydroxyl groups excluding tert-OH is 2. The van der Waals surface area contributed by atoms with Gasteiger partial charge >= 0.3 is 12.1 Å². The number of fused-ring (bicyclic) bond motifs is 4. The van der Waals surface area contributed by atoms with Gasteiger partial charge in [0, 0.05) is 59.2 Å². The van der Waals surface area contributed by atoms with Crippen molar-refractivity contribution >= 4 is 64.5 Å². The summed E-state index contributed by atoms with van der Waals surface area (Å²) in [6.07, 6.45) is 12.1. The standard InChI is InChI=1S/C69H84N8O14S/c1-6-67(7-2,44-21-14-9-8-10-15-22-44)92-51-37-55(82)77(64(51)87)34-19-13-18-26-54(81)76-58(40(3)4)63(86)74-49(23-20-33-71-65(70)88)62(85)73-45-30-27-42(28-31-45)39-90-66(89)72-38-43-29-32-46-47(35-43)61(84)56-50(79)36-48-59(57(56)60(46)83)75-52-24-16-11-12-17-25-53(80)69(48)68(52,91-69)41(5)78/h11-12,27-32,35-37,40-41,44,49,52-53,58,75,78-80,82,87H,6-10,13-15,18-23,26,33-34,38-39H2,1-5H3,(H,72,89)(H,73,85)(H,74,86)(H,76,81)(H3,70,71,88). The van der Waals surface area contributed by atoms with E-state index in [0.717, 1.165) is 12.8 Å². The fourth-order valence-electron chi connectivity index (χ4n) is 13.5. The molecule has 3 aliphatic carbocycles. The molecule has 22 nitrogen and oxygen atoms in total. The number of hydrogen-bond acceptors (Lipinski definition) is 16. The summed E-state index contributed by atoms with van der Waals surface area (Å²) < 4.78 is 13.2. The van der Waals surface area contributed by atoms with Crippen LogP contribution in [0.4, 0.5) is 21.0 Å². The minimum Gasteiger partial charge on any atom is -0.507 e. The van der Waals surface area contributed by atoms with Crippen LogP contribution < -0.4 is 37.6 Å². The Hall–Kier alpha value is -8.48. The predicted octanol–water partition coefficient (Wildman–Crippen LogP) is 8.17. The predicted molar refractivity (Wildman–Crippen MR) is 346 cm³/mol. The van der Waals surface area contributed by atoms with Gasteiger partial charge in [0.05, 0.1) is 27.8 Å². The van der Waals surface area contributed by atoms with E-state index in [1.54, 1.807) is 62.0 Å². The number of alkyl carbamates (subject to hydrolysis) is 1. The van der Waals surface area contributed by atoms with Crippen molar-refractivity contribution in [2.75, 3.05) is 17.2 Å². The highest BCUT2D eigenvalue weighted by molar-refractivity contribution is 8.00. The molecule has 2 bridgehead atoms. The van der Waals surface area contributed by atoms with Gasteiger partial charge in [-0.25, -0.2) is 9.59 Å². The van der Waals surface area contributed by atoms with Gasteiger partial charge in [0.2, 0.25) is 23.6 Å². The SMILES string of the molecule is CCC(CC)(Sc1cc(O)n(CCCCCC(=O)NC(C(=O)NC(CCCNC(N)=O)C(=O)Nc2ccc(COC(=O)NCc3ccc4c(c3)C(=O)c3c(O)cc5c(c3C4=O)NC3C#CC=CC#CC(O)C54OC34C(C)O)cc2)C(C)C)c1O)C1CCCCCCC1. The fraction of sp³-hybridized carbons (Fsp3) is 0.493. The third-order valence-electron chi connectivity index (χ3n) is 18.6. The number of urea groups is 1. The number of nitrogens with two attached hydrogens (primary N) is 1. The van der Waals surface area contributed by atoms with Crippen molar-refractivity contribution in [2.45, 2.75) is 202 Å². The van der Waals surface area contributed by atoms with Gasteiger partial charge in [-0.05, 0) is 124 Å². The minimum absolute atomic E-state index is 0.00442. The molecular weight excluding hydrogens is 1200 g/mol. The molecular formula is C69H84N8O14S. The fourth-order valence-corrected chi connectivity index (χ4v) is 15.0. The molecule has 4 aromatic rings. The maximum Gasteiger partial charge on any atom is 0.407 e. The Kier molecular flexibility index (Phi) is 21.7. The molecule has 5 aliphatic rings. The number of hydrogen-bond donors (Lipinski definition) is 12. The summed E-state index contributed by atoms with van der Waals surface area (Å²) in [4.78, 5) is 94.8. The zero-order valence-electron chi connectivity index (χ0n) is 52.7. The maximum absolute atomic E-state index is 14.4. The first-order valence-electron chi connectivity index (χ1n) is 32.0. The molecule has 7 unspecified atom stereocenters. The van der Waals surface area contributed by atoms with Crippen molar-refractivity contribution in [3.63, 3.8) is 0 Å². The number of allylic oxidation sites excluding steroid dienone is 2. The summed E-state index contributed by atoms with van der Waals surface area (Å²) >= 11 is 1.70. The molecule has 490 valence electrons. The van der Waals surface area contributed by atoms with Gasteiger partial charge in [0.1, 0.15) is 30.5 Å². The number of ether oxygens (including phenoxy) is 2. The quantitative estimate of drug-likeness (QED) is 0.00816. The van der Waals surface area contributed by atoms with E-state index in [1.807, 2.05) is 0 Å². The smallest absolute Gasteiger partial charge is 0.407 e. The number of carbonyl (C=O) groups is 7. The Morgan fingerprint density at radius 3 is 2.20 bits per heavy atom. The van der Waals surface area contributed by atoms with Crippen LogP contribution in [0.25, 0.3) is 0 Å². The van der Waals surface area contributed by atoms with Gasteiger partial charge in [-0.15, -0.1) is 11.8 Å². The van der Waals surface area contributed by atoms with Crippen molar-refractivity contribution in [1.29, 1.82) is 0 Å². The van der Waals surface area contributed by atoms with Crippen molar-refractivity contribution in [1.82, 2.24) is 25.8 Å². The molecule has 7 atom stereocenters. The molecule has 2 aliphatic heterocycles. The monoisotopic (exact) mass is 1280 g/mol. The number of aromatic nitrogens is 1. The van der Waals surface area contributed by atoms with E-state index in [-0.39, 0.29) is 101 Å². The largest absolute Gasteiger partial charge is 0.507 e. The normalized spacial score (nSPS) is 20.6. The molecule has 6 amide bonds. The number of epoxide rings is 1. The van der Waals surface area contributed by atoms with Crippen molar-refractivity contribution in [2.24, 2.45) is 17.6 Å². The Labute approximate surface area is 540 Å². The summed E-state index contributed by atoms with van der Waals surface area (Å²) in [5, 5.41) is 73.0. The van der Waals surface area contributed by atoms with Crippen LogP contribution in [0, 0.1) is 35.5 Å². The van der Waals surface area contributed by atoms with E-state index in [1.165, 1.54) is 86.8 Å². The van der Waals surface area contributed by atoms with Gasteiger partial charge in [-0.3, -0.25) is 28.5 Å². The summed E-state index contributed by atoms with van der Waals surface area (Å²) in [5.74, 6) is 8.15. The minimum atomic E-state index is -1.71. The third kappa shape index (κ3) is 14.3. The lowest BCUT2D eigenvalue weighted by Gasteiger charge is -2.40. The first-order valence-corrected chi connectivity index (χ1v) is 32.8. The zero-order valence-corrected chi connectivity index (χ0v) is 53.5. The van der Waals surface area contributed by atoms with Gasteiger partial charge < -0.3 is 72.6 Å². The molecule has 92 heavy (non-hydrogen) atoms. The van der Waals surface area contributed by atoms with Crippen LogP contribution in [-0.2, 0) is 49.2 Å². The number of carbonyl (C=O) groups excluding carboxylic acids is 7. The summed E-state index contributed by atoms with van der Waals surface area (Å²) in [5.41, 5.74) is 3.16. The molecule has 13 N–H and O–H groups in total. The van der Waals surface area contributed by atoms with E-state index >= 15 is 0 Å². The van der Waals surface area contributed by atoms with Crippen LogP contribution in [0.2, 0.25) is 0 Å². The molecule has 3 aromatic carbocycles. The number of aliphatic hydroxyl groups is 2. The van der Waals surface area contributed by atoms with Crippen LogP contribution in [0.15, 0.2) is 71.6 Å². The van der Waals surface area contributed by atoms with E-state index in [0.29, 0.717) is 53.4 Å². The number of anilines is 2. The summed E-state index contributed by atoms with van der Waals surface area (Å²) in [6, 6.07) is 9.94. The molecule has 0 spiro atoms. The zero-order chi connectivity index (χ0) is 66.1. The number of phenols is 1. The average Bonchev–Trinajstić information content (AvgIpc) is 1.47. The first-order chi connectivity index (χ1) is 44.1. The van der Waals surface area contributed by atoms with Gasteiger partial charge in [-0.2, -0.15) is 0 Å². The number of primary amides is 1. The van der Waals surface area contributed by atoms with Crippen LogP contribution in [0.1, 0.15) is 179 Å². The van der Waals surface area contributed by atoms with Crippen LogP contribution in [0.3, 0.4) is 0 Å². The number of nitrogens with zero attached hydrogens (tertiary/aromatic N) is 1. The second kappa shape index (κ2) is 29.4. The molecule has 1 saturated carbocycles. The highest BCUT2D eigenvalue weighted by atomic mass is 32.2. The number of benzene rings is 3. The number of nitrogens with one attached hydrogen (secondary N) is 6. The van der Waals surface area contributed by atoms with Crippen molar-refractivity contribution in [3.05, 3.63) is 106 Å². The highest BCUT2D eigenvalue weighted by Gasteiger charge is 2.82. The van der Waals surface area contributed by atoms with E-state index in [2.05, 4.69) is 69.4 Å². The highest BCUT2D eigenvalue weighted by Crippen LogP contribution is 2.67. The summed E-state index contributed by atoms with van der Waals surface area (Å²) in [7, 11) is 0. The molecule has 1 aromatic heterocycles.